The maximum atomic E-state index is 12.1. The Kier molecular flexibility index (Phi) is 5.73. The van der Waals surface area contributed by atoms with Gasteiger partial charge in [0, 0.05) is 24.5 Å². The Morgan fingerprint density at radius 3 is 2.32 bits per heavy atom. The number of nitrogens with two attached hydrogens (primary N) is 1. The summed E-state index contributed by atoms with van der Waals surface area (Å²) >= 11 is 1.62. The van der Waals surface area contributed by atoms with Crippen LogP contribution in [0, 0.1) is 0 Å². The lowest BCUT2D eigenvalue weighted by Crippen LogP contribution is -2.33. The third-order valence-electron chi connectivity index (χ3n) is 3.48. The first-order chi connectivity index (χ1) is 9.29. The molecule has 1 heterocycles. The Labute approximate surface area is 119 Å². The zero-order valence-corrected chi connectivity index (χ0v) is 12.1. The van der Waals surface area contributed by atoms with Crippen molar-refractivity contribution in [2.24, 2.45) is 5.73 Å². The highest BCUT2D eigenvalue weighted by atomic mass is 32.2. The molecule has 1 aromatic rings. The van der Waals surface area contributed by atoms with Crippen LogP contribution in [0.3, 0.4) is 0 Å². The Balaban J connectivity index is 1.81. The second kappa shape index (κ2) is 7.56. The lowest BCUT2D eigenvalue weighted by molar-refractivity contribution is -0.128. The van der Waals surface area contributed by atoms with Gasteiger partial charge in [-0.05, 0) is 30.5 Å². The third kappa shape index (κ3) is 4.55. The van der Waals surface area contributed by atoms with Crippen molar-refractivity contribution in [1.29, 1.82) is 0 Å². The summed E-state index contributed by atoms with van der Waals surface area (Å²) in [5.74, 6) is 0.817. The van der Waals surface area contributed by atoms with Gasteiger partial charge in [-0.25, -0.2) is 0 Å². The molecular weight excluding hydrogens is 256 g/mol. The van der Waals surface area contributed by atoms with E-state index in [1.807, 2.05) is 29.2 Å². The monoisotopic (exact) mass is 278 g/mol. The SMILES string of the molecule is NCc1ccc(SCC(=O)N2CCCCCC2)cc1. The molecule has 1 amide bonds. The molecule has 0 aliphatic carbocycles. The van der Waals surface area contributed by atoms with Crippen LogP contribution in [0.4, 0.5) is 0 Å². The Morgan fingerprint density at radius 2 is 1.74 bits per heavy atom. The predicted octanol–water partition coefficient (Wildman–Crippen LogP) is 2.64. The fourth-order valence-electron chi connectivity index (χ4n) is 2.28. The van der Waals surface area contributed by atoms with Gasteiger partial charge in [0.25, 0.3) is 0 Å². The van der Waals surface area contributed by atoms with Crippen LogP contribution in [0.2, 0.25) is 0 Å². The number of amides is 1. The number of carbonyl (C=O) groups is 1. The molecule has 1 aromatic carbocycles. The molecule has 0 bridgehead atoms. The van der Waals surface area contributed by atoms with Gasteiger partial charge in [-0.2, -0.15) is 0 Å². The van der Waals surface area contributed by atoms with Crippen molar-refractivity contribution in [3.63, 3.8) is 0 Å². The quantitative estimate of drug-likeness (QED) is 0.861. The van der Waals surface area contributed by atoms with E-state index in [-0.39, 0.29) is 5.91 Å². The summed E-state index contributed by atoms with van der Waals surface area (Å²) < 4.78 is 0. The fraction of sp³-hybridized carbons (Fsp3) is 0.533. The maximum absolute atomic E-state index is 12.1. The van der Waals surface area contributed by atoms with Crippen molar-refractivity contribution in [2.45, 2.75) is 37.1 Å². The van der Waals surface area contributed by atoms with Crippen molar-refractivity contribution in [2.75, 3.05) is 18.8 Å². The number of nitrogens with zero attached hydrogens (tertiary/aromatic N) is 1. The molecule has 104 valence electrons. The summed E-state index contributed by atoms with van der Waals surface area (Å²) in [5.41, 5.74) is 6.69. The molecule has 0 unspecified atom stereocenters. The van der Waals surface area contributed by atoms with E-state index in [2.05, 4.69) is 0 Å². The van der Waals surface area contributed by atoms with Crippen LogP contribution in [0.5, 0.6) is 0 Å². The van der Waals surface area contributed by atoms with Gasteiger partial charge in [0.15, 0.2) is 0 Å². The topological polar surface area (TPSA) is 46.3 Å². The lowest BCUT2D eigenvalue weighted by Gasteiger charge is -2.19. The second-order valence-electron chi connectivity index (χ2n) is 4.93. The molecular formula is C15H22N2OS. The van der Waals surface area contributed by atoms with E-state index in [0.29, 0.717) is 12.3 Å². The molecule has 1 saturated heterocycles. The smallest absolute Gasteiger partial charge is 0.232 e. The van der Waals surface area contributed by atoms with Crippen LogP contribution >= 0.6 is 11.8 Å². The molecule has 1 fully saturated rings. The average molecular weight is 278 g/mol. The van der Waals surface area contributed by atoms with E-state index < -0.39 is 0 Å². The lowest BCUT2D eigenvalue weighted by atomic mass is 10.2. The van der Waals surface area contributed by atoms with E-state index in [1.54, 1.807) is 11.8 Å². The van der Waals surface area contributed by atoms with Crippen LogP contribution in [-0.2, 0) is 11.3 Å². The molecule has 3 nitrogen and oxygen atoms in total. The van der Waals surface area contributed by atoms with Crippen molar-refractivity contribution in [3.05, 3.63) is 29.8 Å². The molecule has 4 heteroatoms. The Morgan fingerprint density at radius 1 is 1.11 bits per heavy atom. The van der Waals surface area contributed by atoms with Crippen LogP contribution in [0.1, 0.15) is 31.2 Å². The van der Waals surface area contributed by atoms with E-state index in [0.717, 1.165) is 36.4 Å². The van der Waals surface area contributed by atoms with Gasteiger partial charge in [-0.1, -0.05) is 25.0 Å². The van der Waals surface area contributed by atoms with Gasteiger partial charge in [-0.15, -0.1) is 11.8 Å². The van der Waals surface area contributed by atoms with Gasteiger partial charge >= 0.3 is 0 Å². The standard InChI is InChI=1S/C15H22N2OS/c16-11-13-5-7-14(8-6-13)19-12-15(18)17-9-3-1-2-4-10-17/h5-8H,1-4,9-12,16H2. The molecule has 0 aromatic heterocycles. The minimum atomic E-state index is 0.273. The summed E-state index contributed by atoms with van der Waals surface area (Å²) in [7, 11) is 0. The molecule has 0 spiro atoms. The van der Waals surface area contributed by atoms with Gasteiger partial charge in [0.2, 0.25) is 5.91 Å². The number of likely N-dealkylation sites (tertiary alicyclic amines) is 1. The number of carbonyl (C=O) groups excluding carboxylic acids is 1. The number of hydrogen-bond donors (Lipinski definition) is 1. The molecule has 2 rings (SSSR count). The van der Waals surface area contributed by atoms with E-state index in [4.69, 9.17) is 5.73 Å². The molecule has 0 radical (unpaired) electrons. The van der Waals surface area contributed by atoms with Crippen molar-refractivity contribution in [1.82, 2.24) is 4.90 Å². The highest BCUT2D eigenvalue weighted by Crippen LogP contribution is 2.19. The van der Waals surface area contributed by atoms with Crippen molar-refractivity contribution < 1.29 is 4.79 Å². The van der Waals surface area contributed by atoms with E-state index in [9.17, 15) is 4.79 Å². The maximum Gasteiger partial charge on any atom is 0.232 e. The molecule has 0 atom stereocenters. The van der Waals surface area contributed by atoms with Crippen molar-refractivity contribution in [3.8, 4) is 0 Å². The highest BCUT2D eigenvalue weighted by molar-refractivity contribution is 8.00. The Hall–Kier alpha value is -1.00. The van der Waals surface area contributed by atoms with Crippen LogP contribution in [-0.4, -0.2) is 29.6 Å². The normalized spacial score (nSPS) is 16.2. The number of hydrogen-bond acceptors (Lipinski definition) is 3. The molecule has 1 aliphatic rings. The highest BCUT2D eigenvalue weighted by Gasteiger charge is 2.15. The van der Waals surface area contributed by atoms with Gasteiger partial charge < -0.3 is 10.6 Å². The minimum absolute atomic E-state index is 0.273. The first-order valence-electron chi connectivity index (χ1n) is 6.99. The molecule has 19 heavy (non-hydrogen) atoms. The predicted molar refractivity (Wildman–Crippen MR) is 80.1 cm³/mol. The Bertz CT molecular complexity index is 397. The van der Waals surface area contributed by atoms with Crippen LogP contribution in [0.25, 0.3) is 0 Å². The number of rotatable bonds is 4. The third-order valence-corrected chi connectivity index (χ3v) is 4.48. The van der Waals surface area contributed by atoms with Crippen molar-refractivity contribution >= 4 is 17.7 Å². The number of benzene rings is 1. The zero-order chi connectivity index (χ0) is 13.5. The summed E-state index contributed by atoms with van der Waals surface area (Å²) in [5, 5.41) is 0. The molecule has 1 aliphatic heterocycles. The summed E-state index contributed by atoms with van der Waals surface area (Å²) in [6, 6.07) is 8.14. The zero-order valence-electron chi connectivity index (χ0n) is 11.3. The fourth-order valence-corrected chi connectivity index (χ4v) is 3.08. The second-order valence-corrected chi connectivity index (χ2v) is 5.98. The first-order valence-corrected chi connectivity index (χ1v) is 7.98. The minimum Gasteiger partial charge on any atom is -0.342 e. The molecule has 0 saturated carbocycles. The first kappa shape index (κ1) is 14.4. The largest absolute Gasteiger partial charge is 0.342 e. The average Bonchev–Trinajstić information content (AvgIpc) is 2.74. The van der Waals surface area contributed by atoms with Gasteiger partial charge in [0.1, 0.15) is 0 Å². The number of thioether (sulfide) groups is 1. The molecule has 2 N–H and O–H groups in total. The van der Waals surface area contributed by atoms with E-state index in [1.165, 1.54) is 12.8 Å². The summed E-state index contributed by atoms with van der Waals surface area (Å²) in [6.07, 6.45) is 4.83. The van der Waals surface area contributed by atoms with Crippen LogP contribution in [0.15, 0.2) is 29.2 Å². The van der Waals surface area contributed by atoms with E-state index >= 15 is 0 Å². The van der Waals surface area contributed by atoms with Gasteiger partial charge in [-0.3, -0.25) is 4.79 Å². The summed E-state index contributed by atoms with van der Waals surface area (Å²) in [6.45, 7) is 2.44. The van der Waals surface area contributed by atoms with Crippen LogP contribution < -0.4 is 5.73 Å². The summed E-state index contributed by atoms with van der Waals surface area (Å²) in [4.78, 5) is 15.3. The van der Waals surface area contributed by atoms with Gasteiger partial charge in [0.05, 0.1) is 5.75 Å².